The van der Waals surface area contributed by atoms with Gasteiger partial charge in [-0.2, -0.15) is 0 Å². The normalized spacial score (nSPS) is 16.5. The number of aliphatic carboxylic acids is 2. The average molecular weight is 1680 g/mol. The second-order valence-electron chi connectivity index (χ2n) is 30.5. The van der Waals surface area contributed by atoms with Gasteiger partial charge in [0.25, 0.3) is 0 Å². The van der Waals surface area contributed by atoms with Gasteiger partial charge < -0.3 is 122 Å². The Morgan fingerprint density at radius 2 is 0.858 bits per heavy atom. The lowest BCUT2D eigenvalue weighted by atomic mass is 9.99. The highest BCUT2D eigenvalue weighted by atomic mass is 16.4. The highest BCUT2D eigenvalue weighted by Crippen LogP contribution is 2.25. The molecular weight excluding hydrogens is 1560 g/mol. The number of unbranched alkanes of at least 4 members (excludes halogenated alkanes) is 3. The van der Waals surface area contributed by atoms with Gasteiger partial charge in [0, 0.05) is 62.3 Å². The lowest BCUT2D eigenvalue weighted by molar-refractivity contribution is -0.144. The molecular formula is C81H119N19O20. The van der Waals surface area contributed by atoms with E-state index in [1.165, 1.54) is 36.1 Å². The minimum Gasteiger partial charge on any atom is -0.508 e. The summed E-state index contributed by atoms with van der Waals surface area (Å²) >= 11 is 0. The number of aromatic nitrogens is 1. The number of aliphatic hydroxyl groups excluding tert-OH is 1. The number of H-pyrrole nitrogens is 1. The molecule has 2 fully saturated rings. The minimum absolute atomic E-state index is 0.000294. The number of primary amides is 1. The first kappa shape index (κ1) is 97.2. The summed E-state index contributed by atoms with van der Waals surface area (Å²) in [6, 6.07) is 2.57. The fourth-order valence-electron chi connectivity index (χ4n) is 14.2. The van der Waals surface area contributed by atoms with E-state index >= 15 is 14.4 Å². The molecule has 120 heavy (non-hydrogen) atoms. The Morgan fingerprint density at radius 3 is 1.38 bits per heavy atom. The number of carboxylic acids is 2. The summed E-state index contributed by atoms with van der Waals surface area (Å²) < 4.78 is 0. The first-order chi connectivity index (χ1) is 57.3. The number of aromatic amines is 1. The number of carbonyl (C=O) groups excluding carboxylic acids is 14. The predicted octanol–water partition coefficient (Wildman–Crippen LogP) is -3.16. The SMILES string of the molecule is CC(C)CC(NC(=O)C1CCCN1C(=O)C(CCC(=O)O)NC(=O)C(CCC(=O)O)NC(=O)CN)C(=O)NC(Cc1ccc(O)cc1)C(=O)NC(Cc1c[nH]c2ccccc12)C(=O)NC(CO)C(=O)NC(Cc1ccccc1)C(=O)N1CCCC1C(=O)NC(C)C(=O)NC(CCCCN)C(=O)NC(CCCCN)C(=O)NC(CCCCN)C(N)=O. The summed E-state index contributed by atoms with van der Waals surface area (Å²) in [5, 5.41) is 69.8. The molecule has 26 N–H and O–H groups in total. The number of nitrogens with one attached hydrogen (secondary N) is 12. The fraction of sp³-hybridized carbons (Fsp3) is 0.556. The monoisotopic (exact) mass is 1680 g/mol. The number of rotatable bonds is 52. The molecule has 0 saturated carbocycles. The van der Waals surface area contributed by atoms with E-state index in [-0.39, 0.29) is 95.5 Å². The molecule has 6 rings (SSSR count). The number of benzene rings is 3. The number of para-hydroxylation sites is 1. The number of hydrogen-bond acceptors (Lipinski definition) is 22. The number of likely N-dealkylation sites (tertiary alicyclic amines) is 2. The molecule has 13 unspecified atom stereocenters. The number of nitrogens with zero attached hydrogens (tertiary/aromatic N) is 2. The smallest absolute Gasteiger partial charge is 0.303 e. The Kier molecular flexibility index (Phi) is 40.2. The van der Waals surface area contributed by atoms with Gasteiger partial charge in [0.2, 0.25) is 82.7 Å². The van der Waals surface area contributed by atoms with Crippen molar-refractivity contribution in [1.82, 2.24) is 73.3 Å². The molecule has 2 saturated heterocycles. The van der Waals surface area contributed by atoms with Gasteiger partial charge in [-0.15, -0.1) is 0 Å². The van der Waals surface area contributed by atoms with E-state index in [2.05, 4.69) is 63.5 Å². The van der Waals surface area contributed by atoms with E-state index in [4.69, 9.17) is 28.7 Å². The van der Waals surface area contributed by atoms with Crippen LogP contribution in [0.4, 0.5) is 0 Å². The summed E-state index contributed by atoms with van der Waals surface area (Å²) in [6.07, 6.45) is 2.38. The molecule has 1 aromatic heterocycles. The zero-order valence-electron chi connectivity index (χ0n) is 68.1. The highest BCUT2D eigenvalue weighted by molar-refractivity contribution is 6.01. The Hall–Kier alpha value is -11.7. The summed E-state index contributed by atoms with van der Waals surface area (Å²) in [6.45, 7) is 4.02. The number of carboxylic acid groups (broad SMARTS) is 2. The maximum absolute atomic E-state index is 15.2. The first-order valence-corrected chi connectivity index (χ1v) is 40.7. The standard InChI is InChI=1S/C81H119N19O20/c1-46(2)39-59(96-79(118)65-25-16-37-99(65)80(119)58(31-33-68(106)107)93-73(112)57(30-32-67(104)105)89-66(103)43-85)74(113)94-60(40-49-26-28-51(102)29-27-49)75(114)95-61(42-50-44-87-53-20-8-7-19-52(50)53)76(115)98-63(45-101)77(116)97-62(41-48-17-5-4-6-18-48)81(120)100-38-15-24-64(100)78(117)88-47(3)70(109)91-55(22-10-13-35-83)72(111)92-56(23-11-14-36-84)71(110)90-54(69(86)108)21-9-12-34-82/h4-8,17-20,26-29,44,46-47,54-65,87,101-102H,9-16,21-25,30-43,45,82-85H2,1-3H3,(H2,86,108)(H,88,117)(H,89,103)(H,90,110)(H,91,109)(H,92,111)(H,93,112)(H,94,113)(H,95,114)(H,96,118)(H,97,116)(H,98,115)(H,104,105)(H,106,107). The van der Waals surface area contributed by atoms with Crippen LogP contribution < -0.4 is 87.2 Å². The number of carbonyl (C=O) groups is 16. The first-order valence-electron chi connectivity index (χ1n) is 40.7. The number of phenols is 1. The molecule has 0 bridgehead atoms. The van der Waals surface area contributed by atoms with E-state index in [1.54, 1.807) is 74.6 Å². The molecule has 3 heterocycles. The summed E-state index contributed by atoms with van der Waals surface area (Å²) in [5.41, 5.74) is 30.3. The van der Waals surface area contributed by atoms with E-state index in [0.29, 0.717) is 85.6 Å². The fourth-order valence-corrected chi connectivity index (χ4v) is 14.2. The van der Waals surface area contributed by atoms with Crippen molar-refractivity contribution in [2.75, 3.05) is 45.9 Å². The maximum atomic E-state index is 15.2. The van der Waals surface area contributed by atoms with Gasteiger partial charge in [-0.1, -0.05) is 74.5 Å². The van der Waals surface area contributed by atoms with Crippen LogP contribution >= 0.6 is 0 Å². The van der Waals surface area contributed by atoms with Crippen LogP contribution in [-0.2, 0) is 96.0 Å². The lowest BCUT2D eigenvalue weighted by Gasteiger charge is -2.31. The third-order valence-electron chi connectivity index (χ3n) is 20.7. The molecule has 0 aliphatic carbocycles. The van der Waals surface area contributed by atoms with E-state index in [1.807, 2.05) is 0 Å². The van der Waals surface area contributed by atoms with Gasteiger partial charge in [0.1, 0.15) is 84.3 Å². The molecule has 2 aliphatic rings. The molecule has 14 amide bonds. The van der Waals surface area contributed by atoms with Gasteiger partial charge in [0.15, 0.2) is 0 Å². The molecule has 4 aromatic rings. The van der Waals surface area contributed by atoms with Crippen molar-refractivity contribution in [3.05, 3.63) is 102 Å². The number of aliphatic hydroxyl groups is 1. The van der Waals surface area contributed by atoms with Gasteiger partial charge in [-0.3, -0.25) is 76.7 Å². The van der Waals surface area contributed by atoms with Crippen molar-refractivity contribution in [2.45, 2.75) is 234 Å². The van der Waals surface area contributed by atoms with Crippen molar-refractivity contribution in [1.29, 1.82) is 0 Å². The van der Waals surface area contributed by atoms with Gasteiger partial charge in [-0.05, 0) is 170 Å². The van der Waals surface area contributed by atoms with Crippen molar-refractivity contribution in [3.63, 3.8) is 0 Å². The van der Waals surface area contributed by atoms with Gasteiger partial charge in [-0.25, -0.2) is 0 Å². The van der Waals surface area contributed by atoms with Gasteiger partial charge >= 0.3 is 11.9 Å². The van der Waals surface area contributed by atoms with E-state index in [9.17, 15) is 82.8 Å². The molecule has 13 atom stereocenters. The number of phenolic OH excluding ortho intramolecular Hbond substituents is 1. The number of amides is 14. The quantitative estimate of drug-likeness (QED) is 0.0194. The summed E-state index contributed by atoms with van der Waals surface area (Å²) in [5.74, 6) is -15.3. The lowest BCUT2D eigenvalue weighted by Crippen LogP contribution is -2.61. The van der Waals surface area contributed by atoms with Crippen LogP contribution in [-0.4, -0.2) is 254 Å². The van der Waals surface area contributed by atoms with Crippen molar-refractivity contribution >= 4 is 106 Å². The Bertz CT molecular complexity index is 4150. The van der Waals surface area contributed by atoms with Crippen molar-refractivity contribution in [2.24, 2.45) is 34.6 Å². The van der Waals surface area contributed by atoms with Crippen molar-refractivity contribution < 1.29 is 97.1 Å². The van der Waals surface area contributed by atoms with Crippen LogP contribution in [0, 0.1) is 5.92 Å². The Labute approximate surface area is 695 Å². The number of aromatic hydroxyl groups is 1. The Morgan fingerprint density at radius 1 is 0.442 bits per heavy atom. The molecule has 39 nitrogen and oxygen atoms in total. The highest BCUT2D eigenvalue weighted by Gasteiger charge is 2.43. The van der Waals surface area contributed by atoms with Crippen LogP contribution in [0.3, 0.4) is 0 Å². The maximum Gasteiger partial charge on any atom is 0.303 e. The zero-order valence-corrected chi connectivity index (χ0v) is 68.1. The molecule has 658 valence electrons. The number of nitrogens with two attached hydrogens (primary N) is 5. The molecule has 0 radical (unpaired) electrons. The van der Waals surface area contributed by atoms with Crippen LogP contribution in [0.1, 0.15) is 153 Å². The molecule has 2 aliphatic heterocycles. The third-order valence-corrected chi connectivity index (χ3v) is 20.7. The van der Waals surface area contributed by atoms with Crippen LogP contribution in [0.15, 0.2) is 85.1 Å². The summed E-state index contributed by atoms with van der Waals surface area (Å²) in [7, 11) is 0. The van der Waals surface area contributed by atoms with Crippen molar-refractivity contribution in [3.8, 4) is 5.75 Å². The summed E-state index contributed by atoms with van der Waals surface area (Å²) in [4.78, 5) is 228. The zero-order chi connectivity index (χ0) is 88.1. The third kappa shape index (κ3) is 30.9. The number of hydrogen-bond donors (Lipinski definition) is 21. The predicted molar refractivity (Wildman–Crippen MR) is 438 cm³/mol. The van der Waals surface area contributed by atoms with Crippen LogP contribution in [0.5, 0.6) is 5.75 Å². The number of fused-ring (bicyclic) bond motifs is 1. The van der Waals surface area contributed by atoms with E-state index in [0.717, 1.165) is 4.90 Å². The van der Waals surface area contributed by atoms with E-state index < -0.39 is 212 Å². The molecule has 0 spiro atoms. The topological polar surface area (TPSA) is 639 Å². The van der Waals surface area contributed by atoms with Gasteiger partial charge in [0.05, 0.1) is 13.2 Å². The molecule has 39 heteroatoms. The largest absolute Gasteiger partial charge is 0.508 e. The molecule has 3 aromatic carbocycles. The minimum atomic E-state index is -1.85. The second-order valence-corrected chi connectivity index (χ2v) is 30.5. The van der Waals surface area contributed by atoms with Crippen LogP contribution in [0.2, 0.25) is 0 Å². The van der Waals surface area contributed by atoms with Crippen LogP contribution in [0.25, 0.3) is 10.9 Å². The second kappa shape index (κ2) is 49.6. The average Bonchev–Trinajstić information content (AvgIpc) is 1.72. The Balaban J connectivity index is 1.22.